The van der Waals surface area contributed by atoms with E-state index >= 15 is 0 Å². The van der Waals surface area contributed by atoms with E-state index in [1.54, 1.807) is 24.3 Å². The van der Waals surface area contributed by atoms with Crippen molar-refractivity contribution in [3.8, 4) is 0 Å². The molecule has 0 aliphatic carbocycles. The summed E-state index contributed by atoms with van der Waals surface area (Å²) in [5.41, 5.74) is 6.43. The standard InChI is InChI=1S/C11H15N3O2/c1-8(15)13-9-4-2-3-5-10(9)14-11(16)6-7-12/h2-5H,6-7,12H2,1H3,(H,13,15)(H,14,16). The van der Waals surface area contributed by atoms with Crippen LogP contribution in [0.2, 0.25) is 0 Å². The van der Waals surface area contributed by atoms with Gasteiger partial charge in [0.15, 0.2) is 0 Å². The summed E-state index contributed by atoms with van der Waals surface area (Å²) in [4.78, 5) is 22.3. The highest BCUT2D eigenvalue weighted by atomic mass is 16.2. The van der Waals surface area contributed by atoms with Gasteiger partial charge in [0, 0.05) is 19.9 Å². The number of nitrogens with two attached hydrogens (primary N) is 1. The van der Waals surface area contributed by atoms with Crippen molar-refractivity contribution < 1.29 is 9.59 Å². The van der Waals surface area contributed by atoms with Crippen molar-refractivity contribution in [3.05, 3.63) is 24.3 Å². The summed E-state index contributed by atoms with van der Waals surface area (Å²) in [7, 11) is 0. The first-order valence-electron chi connectivity index (χ1n) is 5.00. The van der Waals surface area contributed by atoms with Gasteiger partial charge < -0.3 is 16.4 Å². The lowest BCUT2D eigenvalue weighted by Gasteiger charge is -2.10. The van der Waals surface area contributed by atoms with E-state index in [1.165, 1.54) is 6.92 Å². The zero-order chi connectivity index (χ0) is 12.0. The molecule has 4 N–H and O–H groups in total. The molecule has 0 aliphatic rings. The number of carbonyl (C=O) groups excluding carboxylic acids is 2. The normalized spacial score (nSPS) is 9.62. The van der Waals surface area contributed by atoms with Crippen LogP contribution in [0.5, 0.6) is 0 Å². The van der Waals surface area contributed by atoms with Crippen molar-refractivity contribution >= 4 is 23.2 Å². The molecule has 5 nitrogen and oxygen atoms in total. The van der Waals surface area contributed by atoms with Gasteiger partial charge >= 0.3 is 0 Å². The predicted octanol–water partition coefficient (Wildman–Crippen LogP) is 0.932. The molecule has 0 atom stereocenters. The topological polar surface area (TPSA) is 84.2 Å². The van der Waals surface area contributed by atoms with E-state index in [0.29, 0.717) is 17.9 Å². The third-order valence-electron chi connectivity index (χ3n) is 1.88. The van der Waals surface area contributed by atoms with Crippen LogP contribution in [0.3, 0.4) is 0 Å². The molecule has 1 rings (SSSR count). The van der Waals surface area contributed by atoms with Gasteiger partial charge in [0.25, 0.3) is 0 Å². The van der Waals surface area contributed by atoms with Crippen LogP contribution in [0, 0.1) is 0 Å². The lowest BCUT2D eigenvalue weighted by atomic mass is 10.2. The van der Waals surface area contributed by atoms with Crippen LogP contribution in [0.25, 0.3) is 0 Å². The van der Waals surface area contributed by atoms with Crippen molar-refractivity contribution in [2.45, 2.75) is 13.3 Å². The molecule has 0 saturated carbocycles. The first kappa shape index (κ1) is 12.2. The van der Waals surface area contributed by atoms with Crippen LogP contribution < -0.4 is 16.4 Å². The fourth-order valence-electron chi connectivity index (χ4n) is 1.23. The van der Waals surface area contributed by atoms with E-state index < -0.39 is 0 Å². The minimum atomic E-state index is -0.180. The third kappa shape index (κ3) is 3.70. The molecule has 86 valence electrons. The monoisotopic (exact) mass is 221 g/mol. The van der Waals surface area contributed by atoms with E-state index in [0.717, 1.165) is 0 Å². The third-order valence-corrected chi connectivity index (χ3v) is 1.88. The summed E-state index contributed by atoms with van der Waals surface area (Å²) < 4.78 is 0. The smallest absolute Gasteiger partial charge is 0.225 e. The van der Waals surface area contributed by atoms with E-state index in [4.69, 9.17) is 5.73 Å². The second kappa shape index (κ2) is 5.87. The fraction of sp³-hybridized carbons (Fsp3) is 0.273. The van der Waals surface area contributed by atoms with E-state index in [2.05, 4.69) is 10.6 Å². The SMILES string of the molecule is CC(=O)Nc1ccccc1NC(=O)CCN. The lowest BCUT2D eigenvalue weighted by Crippen LogP contribution is -2.17. The first-order chi connectivity index (χ1) is 7.63. The molecule has 0 bridgehead atoms. The van der Waals surface area contributed by atoms with E-state index in [1.807, 2.05) is 0 Å². The Balaban J connectivity index is 2.78. The Morgan fingerprint density at radius 1 is 1.19 bits per heavy atom. The molecule has 0 unspecified atom stereocenters. The van der Waals surface area contributed by atoms with Gasteiger partial charge in [-0.3, -0.25) is 9.59 Å². The largest absolute Gasteiger partial charge is 0.330 e. The summed E-state index contributed by atoms with van der Waals surface area (Å²) in [6.45, 7) is 1.71. The molecule has 0 aliphatic heterocycles. The Morgan fingerprint density at radius 3 is 2.25 bits per heavy atom. The Morgan fingerprint density at radius 2 is 1.75 bits per heavy atom. The van der Waals surface area contributed by atoms with Crippen molar-refractivity contribution in [1.29, 1.82) is 0 Å². The van der Waals surface area contributed by atoms with Crippen LogP contribution in [0.15, 0.2) is 24.3 Å². The van der Waals surface area contributed by atoms with Crippen LogP contribution in [0.4, 0.5) is 11.4 Å². The second-order valence-corrected chi connectivity index (χ2v) is 3.31. The van der Waals surface area contributed by atoms with Gasteiger partial charge in [0.05, 0.1) is 11.4 Å². The summed E-state index contributed by atoms with van der Waals surface area (Å²) in [5, 5.41) is 5.32. The van der Waals surface area contributed by atoms with Crippen LogP contribution in [-0.2, 0) is 9.59 Å². The highest BCUT2D eigenvalue weighted by molar-refractivity contribution is 5.98. The van der Waals surface area contributed by atoms with Crippen molar-refractivity contribution in [1.82, 2.24) is 0 Å². The number of nitrogens with one attached hydrogen (secondary N) is 2. The quantitative estimate of drug-likeness (QED) is 0.707. The van der Waals surface area contributed by atoms with Crippen molar-refractivity contribution in [2.75, 3.05) is 17.2 Å². The highest BCUT2D eigenvalue weighted by Gasteiger charge is 2.06. The van der Waals surface area contributed by atoms with Gasteiger partial charge in [-0.2, -0.15) is 0 Å². The first-order valence-corrected chi connectivity index (χ1v) is 5.00. The molecule has 0 radical (unpaired) electrons. The number of anilines is 2. The average molecular weight is 221 g/mol. The zero-order valence-corrected chi connectivity index (χ0v) is 9.12. The minimum absolute atomic E-state index is 0.166. The fourth-order valence-corrected chi connectivity index (χ4v) is 1.23. The molecule has 5 heteroatoms. The molecule has 1 aromatic rings. The van der Waals surface area contributed by atoms with Crippen LogP contribution >= 0.6 is 0 Å². The summed E-state index contributed by atoms with van der Waals surface area (Å²) in [6, 6.07) is 7.01. The molecular weight excluding hydrogens is 206 g/mol. The van der Waals surface area contributed by atoms with E-state index in [9.17, 15) is 9.59 Å². The number of hydrogen-bond acceptors (Lipinski definition) is 3. The predicted molar refractivity (Wildman–Crippen MR) is 63.0 cm³/mol. The van der Waals surface area contributed by atoms with Gasteiger partial charge in [-0.15, -0.1) is 0 Å². The molecular formula is C11H15N3O2. The van der Waals surface area contributed by atoms with Gasteiger partial charge in [-0.05, 0) is 12.1 Å². The molecule has 16 heavy (non-hydrogen) atoms. The van der Waals surface area contributed by atoms with Crippen LogP contribution in [-0.4, -0.2) is 18.4 Å². The Labute approximate surface area is 94.0 Å². The number of benzene rings is 1. The Kier molecular flexibility index (Phi) is 4.47. The molecule has 0 heterocycles. The number of hydrogen-bond donors (Lipinski definition) is 3. The number of amides is 2. The molecule has 1 aromatic carbocycles. The minimum Gasteiger partial charge on any atom is -0.330 e. The molecule has 0 spiro atoms. The number of carbonyl (C=O) groups is 2. The van der Waals surface area contributed by atoms with Gasteiger partial charge in [0.2, 0.25) is 11.8 Å². The second-order valence-electron chi connectivity index (χ2n) is 3.31. The maximum absolute atomic E-state index is 11.3. The summed E-state index contributed by atoms with van der Waals surface area (Å²) >= 11 is 0. The molecule has 0 fully saturated rings. The Hall–Kier alpha value is -1.88. The van der Waals surface area contributed by atoms with Crippen molar-refractivity contribution in [2.24, 2.45) is 5.73 Å². The van der Waals surface area contributed by atoms with E-state index in [-0.39, 0.29) is 18.2 Å². The van der Waals surface area contributed by atoms with Crippen LogP contribution in [0.1, 0.15) is 13.3 Å². The average Bonchev–Trinajstić information content (AvgIpc) is 2.20. The Bertz CT molecular complexity index is 391. The van der Waals surface area contributed by atoms with Gasteiger partial charge in [-0.25, -0.2) is 0 Å². The lowest BCUT2D eigenvalue weighted by molar-refractivity contribution is -0.116. The maximum Gasteiger partial charge on any atom is 0.225 e. The summed E-state index contributed by atoms with van der Waals surface area (Å²) in [6.07, 6.45) is 0.258. The maximum atomic E-state index is 11.3. The summed E-state index contributed by atoms with van der Waals surface area (Å²) in [5.74, 6) is -0.346. The molecule has 0 aromatic heterocycles. The van der Waals surface area contributed by atoms with Gasteiger partial charge in [-0.1, -0.05) is 12.1 Å². The number of rotatable bonds is 4. The molecule has 0 saturated heterocycles. The highest BCUT2D eigenvalue weighted by Crippen LogP contribution is 2.20. The van der Waals surface area contributed by atoms with Crippen molar-refractivity contribution in [3.63, 3.8) is 0 Å². The zero-order valence-electron chi connectivity index (χ0n) is 9.12. The number of para-hydroxylation sites is 2. The van der Waals surface area contributed by atoms with Gasteiger partial charge in [0.1, 0.15) is 0 Å². The molecule has 2 amide bonds.